The molecule has 4 rings (SSSR count). The van der Waals surface area contributed by atoms with Gasteiger partial charge in [0.15, 0.2) is 0 Å². The fourth-order valence-electron chi connectivity index (χ4n) is 3.24. The van der Waals surface area contributed by atoms with Crippen LogP contribution in [0.5, 0.6) is 0 Å². The minimum atomic E-state index is -3.62. The maximum absolute atomic E-state index is 13.2. The Morgan fingerprint density at radius 3 is 2.26 bits per heavy atom. The smallest absolute Gasteiger partial charge is 0.206 e. The van der Waals surface area contributed by atoms with E-state index in [-0.39, 0.29) is 4.90 Å². The second kappa shape index (κ2) is 6.89. The van der Waals surface area contributed by atoms with Crippen molar-refractivity contribution in [2.75, 3.05) is 0 Å². The number of aromatic nitrogens is 1. The lowest BCUT2D eigenvalue weighted by Crippen LogP contribution is -2.05. The van der Waals surface area contributed by atoms with Gasteiger partial charge in [-0.25, -0.2) is 8.42 Å². The molecular formula is C23H18NO2S. The summed E-state index contributed by atoms with van der Waals surface area (Å²) in [6, 6.07) is 25.2. The van der Waals surface area contributed by atoms with Gasteiger partial charge in [0.25, 0.3) is 0 Å². The van der Waals surface area contributed by atoms with Crippen LogP contribution in [-0.4, -0.2) is 13.4 Å². The topological polar surface area (TPSA) is 49.9 Å². The lowest BCUT2D eigenvalue weighted by Gasteiger charge is -2.10. The molecule has 0 atom stereocenters. The molecule has 1 heterocycles. The Morgan fingerprint density at radius 1 is 0.926 bits per heavy atom. The number of sulfone groups is 1. The first-order chi connectivity index (χ1) is 13.1. The summed E-state index contributed by atoms with van der Waals surface area (Å²) in [5.74, 6) is 0. The Morgan fingerprint density at radius 2 is 1.59 bits per heavy atom. The Bertz CT molecular complexity index is 1210. The SMILES string of the molecule is C=CCc1c(S(=O)(=O)c2ccccc2)ccc2[nH]c(-c3ccccc3)[c]c12. The highest BCUT2D eigenvalue weighted by Crippen LogP contribution is 2.32. The summed E-state index contributed by atoms with van der Waals surface area (Å²) < 4.78 is 26.4. The third kappa shape index (κ3) is 3.09. The molecule has 0 fully saturated rings. The van der Waals surface area contributed by atoms with Gasteiger partial charge in [-0.05, 0) is 41.8 Å². The molecule has 1 aromatic heterocycles. The highest BCUT2D eigenvalue weighted by Gasteiger charge is 2.23. The Hall–Kier alpha value is -3.11. The molecule has 3 aromatic carbocycles. The monoisotopic (exact) mass is 372 g/mol. The number of benzene rings is 3. The fourth-order valence-corrected chi connectivity index (χ4v) is 4.77. The van der Waals surface area contributed by atoms with Crippen LogP contribution in [0.25, 0.3) is 22.2 Å². The maximum Gasteiger partial charge on any atom is 0.206 e. The molecule has 4 aromatic rings. The van der Waals surface area contributed by atoms with Crippen molar-refractivity contribution in [1.29, 1.82) is 0 Å². The zero-order valence-electron chi connectivity index (χ0n) is 14.6. The average Bonchev–Trinajstić information content (AvgIpc) is 3.14. The summed E-state index contributed by atoms with van der Waals surface area (Å²) in [5, 5.41) is 0.783. The molecule has 4 heteroatoms. The van der Waals surface area contributed by atoms with Crippen LogP contribution in [-0.2, 0) is 16.3 Å². The zero-order valence-corrected chi connectivity index (χ0v) is 15.5. The Kier molecular flexibility index (Phi) is 4.42. The Balaban J connectivity index is 1.95. The first kappa shape index (κ1) is 17.3. The second-order valence-corrected chi connectivity index (χ2v) is 8.18. The van der Waals surface area contributed by atoms with E-state index in [2.05, 4.69) is 17.6 Å². The number of fused-ring (bicyclic) bond motifs is 1. The molecule has 0 saturated carbocycles. The van der Waals surface area contributed by atoms with Gasteiger partial charge in [0, 0.05) is 17.0 Å². The second-order valence-electron chi connectivity index (χ2n) is 6.27. The molecule has 0 aliphatic heterocycles. The van der Waals surface area contributed by atoms with Crippen LogP contribution in [0.2, 0.25) is 0 Å². The van der Waals surface area contributed by atoms with E-state index in [1.165, 1.54) is 0 Å². The van der Waals surface area contributed by atoms with Crippen molar-refractivity contribution in [2.45, 2.75) is 16.2 Å². The number of hydrogen-bond acceptors (Lipinski definition) is 2. The van der Waals surface area contributed by atoms with Crippen LogP contribution in [0.1, 0.15) is 5.56 Å². The molecule has 0 spiro atoms. The molecule has 27 heavy (non-hydrogen) atoms. The summed E-state index contributed by atoms with van der Waals surface area (Å²) in [6.45, 7) is 3.80. The van der Waals surface area contributed by atoms with Gasteiger partial charge >= 0.3 is 0 Å². The van der Waals surface area contributed by atoms with E-state index < -0.39 is 9.84 Å². The van der Waals surface area contributed by atoms with Crippen LogP contribution < -0.4 is 0 Å². The first-order valence-corrected chi connectivity index (χ1v) is 10.1. The molecule has 0 bridgehead atoms. The van der Waals surface area contributed by atoms with E-state index in [9.17, 15) is 8.42 Å². The van der Waals surface area contributed by atoms with E-state index >= 15 is 0 Å². The Labute approximate surface area is 158 Å². The molecule has 1 radical (unpaired) electrons. The van der Waals surface area contributed by atoms with E-state index in [1.807, 2.05) is 30.3 Å². The number of allylic oxidation sites excluding steroid dienone is 1. The predicted octanol–water partition coefficient (Wildman–Crippen LogP) is 5.20. The fraction of sp³-hybridized carbons (Fsp3) is 0.0435. The minimum Gasteiger partial charge on any atom is -0.354 e. The van der Waals surface area contributed by atoms with Crippen molar-refractivity contribution >= 4 is 20.7 Å². The van der Waals surface area contributed by atoms with Gasteiger partial charge in [0.2, 0.25) is 9.84 Å². The van der Waals surface area contributed by atoms with Crippen LogP contribution in [0.3, 0.4) is 0 Å². The molecule has 3 nitrogen and oxygen atoms in total. The molecule has 0 saturated heterocycles. The summed E-state index contributed by atoms with van der Waals surface area (Å²) in [7, 11) is -3.62. The molecule has 0 amide bonds. The van der Waals surface area contributed by atoms with Crippen LogP contribution in [0, 0.1) is 6.07 Å². The standard InChI is InChI=1S/C23H18NO2S/c1-2-9-19-20-16-22(17-10-5-3-6-11-17)24-21(20)14-15-23(19)27(25,26)18-12-7-4-8-13-18/h2-8,10-15,24H,1,9H2. The van der Waals surface area contributed by atoms with Crippen molar-refractivity contribution in [3.05, 3.63) is 97.1 Å². The average molecular weight is 372 g/mol. The third-order valence-electron chi connectivity index (χ3n) is 4.53. The van der Waals surface area contributed by atoms with Crippen molar-refractivity contribution in [2.24, 2.45) is 0 Å². The van der Waals surface area contributed by atoms with Gasteiger partial charge < -0.3 is 4.98 Å². The van der Waals surface area contributed by atoms with Gasteiger partial charge in [0.05, 0.1) is 15.5 Å². The van der Waals surface area contributed by atoms with E-state index in [0.717, 1.165) is 22.2 Å². The first-order valence-electron chi connectivity index (χ1n) is 8.64. The molecule has 0 unspecified atom stereocenters. The largest absolute Gasteiger partial charge is 0.354 e. The van der Waals surface area contributed by atoms with E-state index in [4.69, 9.17) is 0 Å². The summed E-state index contributed by atoms with van der Waals surface area (Å²) in [5.41, 5.74) is 3.42. The number of nitrogens with one attached hydrogen (secondary N) is 1. The number of aromatic amines is 1. The van der Waals surface area contributed by atoms with Gasteiger partial charge in [-0.3, -0.25) is 0 Å². The highest BCUT2D eigenvalue weighted by atomic mass is 32.2. The minimum absolute atomic E-state index is 0.286. The summed E-state index contributed by atoms with van der Waals surface area (Å²) in [4.78, 5) is 3.93. The molecule has 1 N–H and O–H groups in total. The summed E-state index contributed by atoms with van der Waals surface area (Å²) in [6.07, 6.45) is 2.17. The van der Waals surface area contributed by atoms with Gasteiger partial charge in [-0.2, -0.15) is 0 Å². The number of H-pyrrole nitrogens is 1. The zero-order chi connectivity index (χ0) is 18.9. The van der Waals surface area contributed by atoms with Gasteiger partial charge in [0.1, 0.15) is 0 Å². The van der Waals surface area contributed by atoms with Crippen molar-refractivity contribution in [1.82, 2.24) is 4.98 Å². The summed E-state index contributed by atoms with van der Waals surface area (Å²) >= 11 is 0. The molecule has 0 aliphatic carbocycles. The lowest BCUT2D eigenvalue weighted by atomic mass is 10.1. The molecular weight excluding hydrogens is 354 g/mol. The number of rotatable bonds is 5. The van der Waals surface area contributed by atoms with Crippen LogP contribution >= 0.6 is 0 Å². The maximum atomic E-state index is 13.2. The van der Waals surface area contributed by atoms with Crippen LogP contribution in [0.4, 0.5) is 0 Å². The normalized spacial score (nSPS) is 11.6. The van der Waals surface area contributed by atoms with Crippen LogP contribution in [0.15, 0.2) is 95.2 Å². The van der Waals surface area contributed by atoms with Crippen molar-refractivity contribution in [3.63, 3.8) is 0 Å². The van der Waals surface area contributed by atoms with Gasteiger partial charge in [-0.15, -0.1) is 6.58 Å². The quantitative estimate of drug-likeness (QED) is 0.490. The molecule has 0 aliphatic rings. The van der Waals surface area contributed by atoms with E-state index in [0.29, 0.717) is 16.9 Å². The number of hydrogen-bond donors (Lipinski definition) is 1. The van der Waals surface area contributed by atoms with Crippen molar-refractivity contribution < 1.29 is 8.42 Å². The van der Waals surface area contributed by atoms with Gasteiger partial charge in [-0.1, -0.05) is 54.6 Å². The highest BCUT2D eigenvalue weighted by molar-refractivity contribution is 7.91. The van der Waals surface area contributed by atoms with Crippen molar-refractivity contribution in [3.8, 4) is 11.3 Å². The third-order valence-corrected chi connectivity index (χ3v) is 6.39. The predicted molar refractivity (Wildman–Crippen MR) is 108 cm³/mol. The van der Waals surface area contributed by atoms with E-state index in [1.54, 1.807) is 48.5 Å². The lowest BCUT2D eigenvalue weighted by molar-refractivity contribution is 0.595. The molecule has 133 valence electrons.